The molecule has 23 heavy (non-hydrogen) atoms. The van der Waals surface area contributed by atoms with Crippen LogP contribution in [-0.2, 0) is 14.3 Å². The second kappa shape index (κ2) is 6.97. The molecular weight excluding hydrogens is 326 g/mol. The summed E-state index contributed by atoms with van der Waals surface area (Å²) < 4.78 is 14.6. The van der Waals surface area contributed by atoms with Gasteiger partial charge in [-0.2, -0.15) is 0 Å². The van der Waals surface area contributed by atoms with Crippen LogP contribution < -0.4 is 5.73 Å². The Bertz CT molecular complexity index is 754. The molecule has 2 N–H and O–H groups in total. The zero-order valence-corrected chi connectivity index (χ0v) is 12.7. The van der Waals surface area contributed by atoms with E-state index in [2.05, 4.69) is 4.74 Å². The maximum Gasteiger partial charge on any atom is 0.375 e. The number of benzene rings is 1. The fraction of sp³-hybridized carbons (Fsp3) is 0.133. The molecule has 1 unspecified atom stereocenters. The zero-order valence-electron chi connectivity index (χ0n) is 11.9. The third kappa shape index (κ3) is 3.89. The normalized spacial score (nSPS) is 11.6. The Balaban J connectivity index is 2.25. The van der Waals surface area contributed by atoms with E-state index in [1.165, 1.54) is 6.07 Å². The van der Waals surface area contributed by atoms with Crippen molar-refractivity contribution in [2.24, 2.45) is 5.73 Å². The van der Waals surface area contributed by atoms with Crippen LogP contribution in [0.4, 0.5) is 0 Å². The number of primary amides is 1. The number of methoxy groups -OCH3 is 1. The first-order valence-corrected chi connectivity index (χ1v) is 6.72. The summed E-state index contributed by atoms with van der Waals surface area (Å²) in [5.74, 6) is -2.77. The smallest absolute Gasteiger partial charge is 0.375 e. The molecule has 2 rings (SSSR count). The second-order valence-corrected chi connectivity index (χ2v) is 4.86. The molecule has 0 fully saturated rings. The van der Waals surface area contributed by atoms with Crippen LogP contribution in [0, 0.1) is 0 Å². The van der Waals surface area contributed by atoms with Crippen LogP contribution in [0.1, 0.15) is 32.6 Å². The van der Waals surface area contributed by atoms with Gasteiger partial charge >= 0.3 is 11.9 Å². The Hall–Kier alpha value is -2.80. The molecule has 0 aliphatic rings. The van der Waals surface area contributed by atoms with E-state index in [4.69, 9.17) is 26.5 Å². The molecule has 1 atom stereocenters. The van der Waals surface area contributed by atoms with Crippen molar-refractivity contribution < 1.29 is 28.3 Å². The minimum absolute atomic E-state index is 0.00863. The fourth-order valence-corrected chi connectivity index (χ4v) is 1.97. The maximum atomic E-state index is 12.1. The van der Waals surface area contributed by atoms with Gasteiger partial charge in [-0.3, -0.25) is 4.79 Å². The molecule has 1 heterocycles. The first-order chi connectivity index (χ1) is 10.9. The van der Waals surface area contributed by atoms with E-state index in [0.29, 0.717) is 10.6 Å². The number of carbonyl (C=O) groups excluding carboxylic acids is 3. The number of rotatable bonds is 5. The molecule has 0 spiro atoms. The van der Waals surface area contributed by atoms with Crippen molar-refractivity contribution in [3.8, 4) is 0 Å². The molecule has 1 aromatic heterocycles. The molecule has 0 bridgehead atoms. The monoisotopic (exact) mass is 337 g/mol. The lowest BCUT2D eigenvalue weighted by atomic mass is 10.1. The van der Waals surface area contributed by atoms with Gasteiger partial charge in [-0.05, 0) is 12.1 Å². The van der Waals surface area contributed by atoms with Crippen molar-refractivity contribution in [1.29, 1.82) is 0 Å². The third-order valence-electron chi connectivity index (χ3n) is 2.88. The summed E-state index contributed by atoms with van der Waals surface area (Å²) in [4.78, 5) is 34.9. The van der Waals surface area contributed by atoms with Gasteiger partial charge in [-0.1, -0.05) is 23.7 Å². The number of hydrogen-bond donors (Lipinski definition) is 1. The molecule has 8 heteroatoms. The lowest BCUT2D eigenvalue weighted by Crippen LogP contribution is -2.21. The summed E-state index contributed by atoms with van der Waals surface area (Å²) in [5.41, 5.74) is 5.41. The number of carbonyl (C=O) groups is 3. The van der Waals surface area contributed by atoms with E-state index in [0.717, 1.165) is 19.4 Å². The topological polar surface area (TPSA) is 109 Å². The predicted octanol–water partition coefficient (Wildman–Crippen LogP) is 2.10. The molecule has 7 nitrogen and oxygen atoms in total. The summed E-state index contributed by atoms with van der Waals surface area (Å²) >= 11 is 5.87. The number of hydrogen-bond acceptors (Lipinski definition) is 6. The number of ether oxygens (including phenoxy) is 2. The van der Waals surface area contributed by atoms with Gasteiger partial charge in [0.15, 0.2) is 0 Å². The number of halogens is 1. The molecule has 1 amide bonds. The van der Waals surface area contributed by atoms with Gasteiger partial charge in [0.25, 0.3) is 5.91 Å². The van der Waals surface area contributed by atoms with Crippen molar-refractivity contribution in [2.75, 3.05) is 7.11 Å². The highest BCUT2D eigenvalue weighted by Gasteiger charge is 2.28. The Labute approximate surface area is 135 Å². The van der Waals surface area contributed by atoms with E-state index < -0.39 is 23.9 Å². The van der Waals surface area contributed by atoms with Crippen molar-refractivity contribution in [1.82, 2.24) is 0 Å². The zero-order chi connectivity index (χ0) is 17.0. The molecule has 0 saturated heterocycles. The summed E-state index contributed by atoms with van der Waals surface area (Å²) in [7, 11) is 1.16. The SMILES string of the molecule is COC(=O)C(OC(=O)c1cc(C(N)=O)co1)c1cccc(Cl)c1. The molecule has 0 aliphatic heterocycles. The summed E-state index contributed by atoms with van der Waals surface area (Å²) in [5, 5.41) is 0.362. The van der Waals surface area contributed by atoms with Crippen molar-refractivity contribution in [3.63, 3.8) is 0 Å². The highest BCUT2D eigenvalue weighted by atomic mass is 35.5. The Morgan fingerprint density at radius 1 is 1.26 bits per heavy atom. The number of furan rings is 1. The number of nitrogens with two attached hydrogens (primary N) is 1. The quantitative estimate of drug-likeness (QED) is 0.837. The van der Waals surface area contributed by atoms with E-state index >= 15 is 0 Å². The van der Waals surface area contributed by atoms with Crippen LogP contribution in [-0.4, -0.2) is 25.0 Å². The molecular formula is C15H12ClNO6. The van der Waals surface area contributed by atoms with Gasteiger partial charge in [0.05, 0.1) is 12.7 Å². The molecule has 0 radical (unpaired) electrons. The van der Waals surface area contributed by atoms with Crippen molar-refractivity contribution in [2.45, 2.75) is 6.10 Å². The lowest BCUT2D eigenvalue weighted by Gasteiger charge is -2.15. The Morgan fingerprint density at radius 3 is 2.57 bits per heavy atom. The highest BCUT2D eigenvalue weighted by molar-refractivity contribution is 6.30. The minimum Gasteiger partial charge on any atom is -0.466 e. The molecule has 2 aromatic rings. The van der Waals surface area contributed by atoms with Crippen LogP contribution in [0.2, 0.25) is 5.02 Å². The molecule has 1 aromatic carbocycles. The summed E-state index contributed by atoms with van der Waals surface area (Å²) in [6.07, 6.45) is -0.306. The average Bonchev–Trinajstić information content (AvgIpc) is 3.02. The van der Waals surface area contributed by atoms with E-state index in [1.54, 1.807) is 18.2 Å². The first kappa shape index (κ1) is 16.6. The summed E-state index contributed by atoms with van der Waals surface area (Å²) in [6.45, 7) is 0. The van der Waals surface area contributed by atoms with Gasteiger partial charge in [0.1, 0.15) is 6.26 Å². The molecule has 0 aliphatic carbocycles. The van der Waals surface area contributed by atoms with Gasteiger partial charge in [0.2, 0.25) is 11.9 Å². The van der Waals surface area contributed by atoms with Crippen LogP contribution in [0.5, 0.6) is 0 Å². The maximum absolute atomic E-state index is 12.1. The Morgan fingerprint density at radius 2 is 2.00 bits per heavy atom. The van der Waals surface area contributed by atoms with Gasteiger partial charge in [-0.15, -0.1) is 0 Å². The number of amides is 1. The average molecular weight is 338 g/mol. The Kier molecular flexibility index (Phi) is 5.02. The minimum atomic E-state index is -1.33. The van der Waals surface area contributed by atoms with E-state index in [-0.39, 0.29) is 11.3 Å². The molecule has 120 valence electrons. The van der Waals surface area contributed by atoms with Gasteiger partial charge < -0.3 is 19.6 Å². The predicted molar refractivity (Wildman–Crippen MR) is 78.9 cm³/mol. The van der Waals surface area contributed by atoms with Crippen LogP contribution in [0.25, 0.3) is 0 Å². The van der Waals surface area contributed by atoms with E-state index in [1.807, 2.05) is 0 Å². The lowest BCUT2D eigenvalue weighted by molar-refractivity contribution is -0.151. The molecule has 0 saturated carbocycles. The van der Waals surface area contributed by atoms with Gasteiger partial charge in [-0.25, -0.2) is 9.59 Å². The van der Waals surface area contributed by atoms with Crippen molar-refractivity contribution in [3.05, 3.63) is 58.5 Å². The van der Waals surface area contributed by atoms with E-state index in [9.17, 15) is 14.4 Å². The highest BCUT2D eigenvalue weighted by Crippen LogP contribution is 2.24. The van der Waals surface area contributed by atoms with Crippen LogP contribution in [0.15, 0.2) is 41.0 Å². The standard InChI is InChI=1S/C15H12ClNO6/c1-21-15(20)12(8-3-2-4-10(16)5-8)23-14(19)11-6-9(7-22-11)13(17)18/h2-7,12H,1H3,(H2,17,18). The van der Waals surface area contributed by atoms with Crippen molar-refractivity contribution >= 4 is 29.4 Å². The third-order valence-corrected chi connectivity index (χ3v) is 3.11. The van der Waals surface area contributed by atoms with Crippen LogP contribution >= 0.6 is 11.6 Å². The van der Waals surface area contributed by atoms with Gasteiger partial charge in [0, 0.05) is 16.7 Å². The van der Waals surface area contributed by atoms with Crippen LogP contribution in [0.3, 0.4) is 0 Å². The fourth-order valence-electron chi connectivity index (χ4n) is 1.77. The summed E-state index contributed by atoms with van der Waals surface area (Å²) in [6, 6.07) is 7.34. The largest absolute Gasteiger partial charge is 0.466 e. The first-order valence-electron chi connectivity index (χ1n) is 6.35. The number of esters is 2. The second-order valence-electron chi connectivity index (χ2n) is 4.43.